The van der Waals surface area contributed by atoms with E-state index in [1.54, 1.807) is 0 Å². The fraction of sp³-hybridized carbons (Fsp3) is 0.250. The smallest absolute Gasteiger partial charge is 0.115 e. The van der Waals surface area contributed by atoms with E-state index in [0.29, 0.717) is 77.6 Å². The molecule has 150 heavy (non-hydrogen) atoms. The Balaban J connectivity index is 0.000000172. The molecule has 0 saturated carbocycles. The number of aliphatic hydroxyl groups excluding tert-OH is 9. The number of terminal acetylenes is 3. The van der Waals surface area contributed by atoms with Crippen LogP contribution in [0.4, 0.5) is 0 Å². The minimum Gasteiger partial charge on any atom is -0.396 e. The molecule has 0 amide bonds. The number of aliphatic hydroxyl groups is 9. The molecule has 0 radical (unpaired) electrons. The summed E-state index contributed by atoms with van der Waals surface area (Å²) in [5.74, 6) is 42.6. The Hall–Kier alpha value is -16.7. The summed E-state index contributed by atoms with van der Waals surface area (Å²) in [4.78, 5) is 40.4. The molecule has 0 spiro atoms. The van der Waals surface area contributed by atoms with E-state index in [0.717, 1.165) is 230 Å². The molecule has 0 saturated heterocycles. The summed E-state index contributed by atoms with van der Waals surface area (Å²) < 4.78 is 0. The molecule has 9 N–H and O–H groups in total. The fourth-order valence-corrected chi connectivity index (χ4v) is 14.6. The maximum absolute atomic E-state index is 9.18. The predicted octanol–water partition coefficient (Wildman–Crippen LogP) is 23.0. The topological polar surface area (TPSA) is 298 Å². The summed E-state index contributed by atoms with van der Waals surface area (Å²) in [6.07, 6.45) is 32.8. The Morgan fingerprint density at radius 1 is 0.180 bits per heavy atom. The van der Waals surface area contributed by atoms with Crippen molar-refractivity contribution in [2.75, 3.05) is 39.6 Å². The zero-order chi connectivity index (χ0) is 106. The van der Waals surface area contributed by atoms with Gasteiger partial charge in [0.15, 0.2) is 0 Å². The first-order valence-electron chi connectivity index (χ1n) is 51.0. The van der Waals surface area contributed by atoms with E-state index < -0.39 is 18.3 Å². The Kier molecular flexibility index (Phi) is 53.4. The van der Waals surface area contributed by atoms with Crippen LogP contribution in [-0.4, -0.2) is 149 Å². The minimum absolute atomic E-state index is 0.194. The summed E-state index contributed by atoms with van der Waals surface area (Å²) >= 11 is 0. The van der Waals surface area contributed by atoms with Gasteiger partial charge in [-0.1, -0.05) is 291 Å². The van der Waals surface area contributed by atoms with Gasteiger partial charge in [-0.3, -0.25) is 15.0 Å². The molecule has 18 rings (SSSR count). The third kappa shape index (κ3) is 43.6. The van der Waals surface area contributed by atoms with E-state index in [2.05, 4.69) is 188 Å². The third-order valence-electron chi connectivity index (χ3n) is 22.7. The second kappa shape index (κ2) is 69.4. The molecule has 0 aliphatic carbocycles. The van der Waals surface area contributed by atoms with Crippen molar-refractivity contribution in [3.63, 3.8) is 0 Å². The Bertz CT molecular complexity index is 7070. The number of fused-ring (bicyclic) bond motifs is 9. The molecule has 3 atom stereocenters. The summed E-state index contributed by atoms with van der Waals surface area (Å²) in [5, 5.41) is 89.7. The fourth-order valence-electron chi connectivity index (χ4n) is 14.6. The molecule has 9 aromatic heterocycles. The molecule has 0 aliphatic heterocycles. The van der Waals surface area contributed by atoms with Gasteiger partial charge in [-0.05, 0) is 241 Å². The van der Waals surface area contributed by atoms with E-state index in [9.17, 15) is 15.3 Å². The lowest BCUT2D eigenvalue weighted by Crippen LogP contribution is -2.00. The second-order valence-electron chi connectivity index (χ2n) is 34.4. The number of benzene rings is 9. The van der Waals surface area contributed by atoms with Gasteiger partial charge in [0.2, 0.25) is 0 Å². The SMILES string of the molecule is C#CC(O)CCC#Cc1ccc2ccccc2n1.C#CC(O)CCC#Cc1ccc2ccccc2n1.C#CC(O)CCC#Cc1ccc2ccccc2n1.OCCCC#Cc1ccc2ccccc2n1.OCCCC#Cc1ccc2ccccc2n1.OCCCC#Cc1ccc2ccccc2n1.OCCCCCc1ccc2ccccc2n1.OCCCCCc1ccc2ccccc2n1.OCCCCCc1ccc2ccccc2n1. The molecule has 18 heteroatoms. The molecule has 756 valence electrons. The highest BCUT2D eigenvalue weighted by Crippen LogP contribution is 2.22. The zero-order valence-corrected chi connectivity index (χ0v) is 84.9. The maximum atomic E-state index is 9.18. The molecule has 9 aromatic carbocycles. The van der Waals surface area contributed by atoms with Crippen LogP contribution in [0.25, 0.3) is 98.1 Å². The van der Waals surface area contributed by atoms with Crippen molar-refractivity contribution < 1.29 is 46.0 Å². The van der Waals surface area contributed by atoms with Gasteiger partial charge in [-0.25, -0.2) is 29.9 Å². The van der Waals surface area contributed by atoms with Crippen LogP contribution in [0.5, 0.6) is 0 Å². The van der Waals surface area contributed by atoms with Crippen LogP contribution >= 0.6 is 0 Å². The van der Waals surface area contributed by atoms with E-state index in [-0.39, 0.29) is 19.8 Å². The summed E-state index contributed by atoms with van der Waals surface area (Å²) in [5.41, 5.74) is 17.0. The van der Waals surface area contributed by atoms with Gasteiger partial charge in [0.25, 0.3) is 0 Å². The van der Waals surface area contributed by atoms with Crippen LogP contribution in [0.1, 0.15) is 186 Å². The largest absolute Gasteiger partial charge is 0.396 e. The molecule has 9 heterocycles. The molecule has 0 bridgehead atoms. The number of nitrogens with zero attached hydrogens (tertiary/aromatic N) is 9. The van der Waals surface area contributed by atoms with Gasteiger partial charge < -0.3 is 46.0 Å². The van der Waals surface area contributed by atoms with Gasteiger partial charge in [-0.2, -0.15) is 0 Å². The van der Waals surface area contributed by atoms with Crippen LogP contribution in [0.15, 0.2) is 328 Å². The molecular weight excluding hydrogens is 1860 g/mol. The Morgan fingerprint density at radius 3 is 0.527 bits per heavy atom. The van der Waals surface area contributed by atoms with Gasteiger partial charge in [0.05, 0.1) is 49.7 Å². The minimum atomic E-state index is -0.705. The quantitative estimate of drug-likeness (QED) is 0.0171. The van der Waals surface area contributed by atoms with E-state index in [4.69, 9.17) is 49.9 Å². The lowest BCUT2D eigenvalue weighted by Gasteiger charge is -2.02. The van der Waals surface area contributed by atoms with Gasteiger partial charge in [0.1, 0.15) is 52.5 Å². The lowest BCUT2D eigenvalue weighted by atomic mass is 10.1. The van der Waals surface area contributed by atoms with Gasteiger partial charge in [0, 0.05) is 144 Å². The number of aromatic nitrogens is 9. The standard InChI is InChI=1S/3C16H13NO.3C14H17NO.3C14H13NO/c3*1-2-15(18)9-5-4-8-14-12-11-13-7-3-6-10-16(13)17-14;6*16-11-5-1-2-7-13-10-9-12-6-3-4-8-14(12)15-13/h3*1,3,6-7,10-12,15,18H,5,9H2;3*3-4,6,8-10,16H,1-2,5,7,11H2;3*3-4,6,8-10,16H,1,5,11H2. The molecule has 18 nitrogen and oxygen atoms in total. The lowest BCUT2D eigenvalue weighted by molar-refractivity contribution is 0.224. The van der Waals surface area contributed by atoms with Crippen LogP contribution in [0, 0.1) is 108 Å². The van der Waals surface area contributed by atoms with E-state index in [1.807, 2.05) is 273 Å². The molecule has 0 fully saturated rings. The van der Waals surface area contributed by atoms with Crippen molar-refractivity contribution in [3.05, 3.63) is 379 Å². The van der Waals surface area contributed by atoms with Crippen molar-refractivity contribution in [1.29, 1.82) is 0 Å². The first kappa shape index (κ1) is 115. The summed E-state index contributed by atoms with van der Waals surface area (Å²) in [6.45, 7) is 1.47. The van der Waals surface area contributed by atoms with Crippen molar-refractivity contribution in [2.24, 2.45) is 0 Å². The number of hydrogen-bond acceptors (Lipinski definition) is 18. The molecule has 18 aromatic rings. The predicted molar refractivity (Wildman–Crippen MR) is 612 cm³/mol. The average molecular weight is 1990 g/mol. The normalized spacial score (nSPS) is 10.7. The van der Waals surface area contributed by atoms with Crippen LogP contribution in [0.2, 0.25) is 0 Å². The molecule has 0 aliphatic rings. The monoisotopic (exact) mass is 1980 g/mol. The average Bonchev–Trinajstić information content (AvgIpc) is 0.892. The Labute approximate surface area is 882 Å². The van der Waals surface area contributed by atoms with Crippen molar-refractivity contribution in [2.45, 2.75) is 172 Å². The first-order chi connectivity index (χ1) is 73.8. The maximum Gasteiger partial charge on any atom is 0.115 e. The highest BCUT2D eigenvalue weighted by molar-refractivity contribution is 5.85. The van der Waals surface area contributed by atoms with Gasteiger partial charge in [-0.15, -0.1) is 19.3 Å². The highest BCUT2D eigenvalue weighted by Gasteiger charge is 2.07. The second-order valence-corrected chi connectivity index (χ2v) is 34.4. The van der Waals surface area contributed by atoms with Crippen LogP contribution in [0.3, 0.4) is 0 Å². The first-order valence-corrected chi connectivity index (χ1v) is 51.0. The zero-order valence-electron chi connectivity index (χ0n) is 84.9. The number of aryl methyl sites for hydroxylation is 3. The molecule has 3 unspecified atom stereocenters. The summed E-state index contributed by atoms with van der Waals surface area (Å²) in [7, 11) is 0. The number of unbranched alkanes of at least 4 members (excludes halogenated alkanes) is 9. The van der Waals surface area contributed by atoms with Crippen LogP contribution in [-0.2, 0) is 19.3 Å². The Morgan fingerprint density at radius 2 is 0.347 bits per heavy atom. The van der Waals surface area contributed by atoms with Crippen LogP contribution < -0.4 is 0 Å². The number of rotatable bonds is 27. The number of para-hydroxylation sites is 9. The molecular formula is C132H129N9O9. The third-order valence-corrected chi connectivity index (χ3v) is 22.7. The van der Waals surface area contributed by atoms with Crippen molar-refractivity contribution >= 4 is 98.1 Å². The highest BCUT2D eigenvalue weighted by atomic mass is 16.3. The number of hydrogen-bond donors (Lipinski definition) is 9. The van der Waals surface area contributed by atoms with Crippen molar-refractivity contribution in [3.8, 4) is 108 Å². The number of pyridine rings is 9. The summed E-state index contributed by atoms with van der Waals surface area (Å²) in [6, 6.07) is 108. The van der Waals surface area contributed by atoms with Gasteiger partial charge >= 0.3 is 0 Å². The van der Waals surface area contributed by atoms with E-state index >= 15 is 0 Å². The van der Waals surface area contributed by atoms with Crippen molar-refractivity contribution in [1.82, 2.24) is 44.9 Å². The van der Waals surface area contributed by atoms with E-state index in [1.165, 1.54) is 16.2 Å².